The first kappa shape index (κ1) is 21.0. The molecule has 0 radical (unpaired) electrons. The minimum atomic E-state index is -3.99. The van der Waals surface area contributed by atoms with Crippen molar-refractivity contribution < 1.29 is 13.3 Å². The van der Waals surface area contributed by atoms with Crippen LogP contribution in [0.2, 0.25) is 0 Å². The summed E-state index contributed by atoms with van der Waals surface area (Å²) in [5.74, 6) is 0. The van der Waals surface area contributed by atoms with Gasteiger partial charge in [-0.25, -0.2) is 8.42 Å². The molecule has 25 heavy (non-hydrogen) atoms. The minimum Gasteiger partial charge on any atom is -0.326 e. The second-order valence-corrected chi connectivity index (χ2v) is 7.47. The molecule has 0 heterocycles. The van der Waals surface area contributed by atoms with Crippen LogP contribution in [0, 0.1) is 10.1 Å². The Morgan fingerprint density at radius 1 is 1.12 bits per heavy atom. The number of nitrogens with zero attached hydrogens (tertiary/aromatic N) is 2. The smallest absolute Gasteiger partial charge is 0.289 e. The topological polar surface area (TPSA) is 107 Å². The van der Waals surface area contributed by atoms with Crippen LogP contribution in [0.15, 0.2) is 59.5 Å². The number of hydrogen-bond acceptors (Lipinski definition) is 5. The Morgan fingerprint density at radius 3 is 2.28 bits per heavy atom. The van der Waals surface area contributed by atoms with Gasteiger partial charge in [-0.15, -0.1) is 12.4 Å². The summed E-state index contributed by atoms with van der Waals surface area (Å²) < 4.78 is 26.3. The van der Waals surface area contributed by atoms with E-state index in [0.29, 0.717) is 6.42 Å². The first-order valence-corrected chi connectivity index (χ1v) is 8.75. The predicted octanol–water partition coefficient (Wildman–Crippen LogP) is 2.21. The molecule has 2 N–H and O–H groups in total. The van der Waals surface area contributed by atoms with Crippen molar-refractivity contribution in [3.8, 4) is 0 Å². The summed E-state index contributed by atoms with van der Waals surface area (Å²) in [6.07, 6.45) is 0.511. The van der Waals surface area contributed by atoms with Gasteiger partial charge in [0, 0.05) is 25.7 Å². The Bertz CT molecular complexity index is 815. The SMILES string of the molecule is CN(C[C@H](N)Cc1ccccc1)S(=O)(=O)c1ccccc1[N+](=O)[O-].Cl. The van der Waals surface area contributed by atoms with E-state index in [4.69, 9.17) is 5.73 Å². The maximum absolute atomic E-state index is 12.6. The van der Waals surface area contributed by atoms with Crippen LogP contribution in [0.25, 0.3) is 0 Å². The van der Waals surface area contributed by atoms with E-state index in [0.717, 1.165) is 9.87 Å². The zero-order chi connectivity index (χ0) is 17.7. The summed E-state index contributed by atoms with van der Waals surface area (Å²) in [5.41, 5.74) is 6.60. The van der Waals surface area contributed by atoms with E-state index in [-0.39, 0.29) is 23.8 Å². The van der Waals surface area contributed by atoms with Gasteiger partial charge in [0.2, 0.25) is 10.0 Å². The van der Waals surface area contributed by atoms with E-state index in [1.807, 2.05) is 30.3 Å². The molecule has 0 amide bonds. The lowest BCUT2D eigenvalue weighted by Crippen LogP contribution is -2.40. The van der Waals surface area contributed by atoms with E-state index >= 15 is 0 Å². The van der Waals surface area contributed by atoms with E-state index in [1.54, 1.807) is 0 Å². The van der Waals surface area contributed by atoms with Crippen LogP contribution < -0.4 is 5.73 Å². The first-order chi connectivity index (χ1) is 11.3. The molecule has 0 bridgehead atoms. The van der Waals surface area contributed by atoms with Crippen LogP contribution in [0.4, 0.5) is 5.69 Å². The zero-order valence-corrected chi connectivity index (χ0v) is 15.2. The third-order valence-corrected chi connectivity index (χ3v) is 5.45. The molecule has 1 atom stereocenters. The number of nitro benzene ring substituents is 1. The van der Waals surface area contributed by atoms with Crippen molar-refractivity contribution in [2.45, 2.75) is 17.4 Å². The van der Waals surface area contributed by atoms with Crippen molar-refractivity contribution in [3.63, 3.8) is 0 Å². The van der Waals surface area contributed by atoms with Gasteiger partial charge in [0.05, 0.1) is 4.92 Å². The Kier molecular flexibility index (Phi) is 7.50. The van der Waals surface area contributed by atoms with Crippen molar-refractivity contribution in [1.29, 1.82) is 0 Å². The summed E-state index contributed by atoms with van der Waals surface area (Å²) in [4.78, 5) is 10.0. The normalized spacial score (nSPS) is 12.4. The highest BCUT2D eigenvalue weighted by molar-refractivity contribution is 7.89. The fourth-order valence-electron chi connectivity index (χ4n) is 2.40. The lowest BCUT2D eigenvalue weighted by molar-refractivity contribution is -0.387. The van der Waals surface area contributed by atoms with Crippen molar-refractivity contribution >= 4 is 28.1 Å². The van der Waals surface area contributed by atoms with Crippen LogP contribution in [-0.4, -0.2) is 37.3 Å². The largest absolute Gasteiger partial charge is 0.326 e. The molecule has 0 aliphatic rings. The fraction of sp³-hybridized carbons (Fsp3) is 0.250. The Balaban J connectivity index is 0.00000312. The van der Waals surface area contributed by atoms with Crippen LogP contribution in [-0.2, 0) is 16.4 Å². The highest BCUT2D eigenvalue weighted by Gasteiger charge is 2.29. The predicted molar refractivity (Wildman–Crippen MR) is 98.3 cm³/mol. The molecule has 0 aromatic heterocycles. The minimum absolute atomic E-state index is 0. The van der Waals surface area contributed by atoms with Gasteiger partial charge in [-0.05, 0) is 18.1 Å². The standard InChI is InChI=1S/C16H19N3O4S.ClH/c1-18(12-14(17)11-13-7-3-2-4-8-13)24(22,23)16-10-6-5-9-15(16)19(20)21;/h2-10,14H,11-12,17H2,1H3;1H/t14-;/m1./s1. The molecule has 2 rings (SSSR count). The first-order valence-electron chi connectivity index (χ1n) is 7.31. The number of sulfonamides is 1. The maximum atomic E-state index is 12.6. The molecular weight excluding hydrogens is 366 g/mol. The average Bonchev–Trinajstić information content (AvgIpc) is 2.55. The molecule has 7 nitrogen and oxygen atoms in total. The van der Waals surface area contributed by atoms with Crippen LogP contribution >= 0.6 is 12.4 Å². The van der Waals surface area contributed by atoms with Gasteiger partial charge in [-0.1, -0.05) is 42.5 Å². The number of likely N-dealkylation sites (N-methyl/N-ethyl adjacent to an activating group) is 1. The molecule has 0 spiro atoms. The Labute approximate surface area is 153 Å². The monoisotopic (exact) mass is 385 g/mol. The molecule has 0 unspecified atom stereocenters. The quantitative estimate of drug-likeness (QED) is 0.580. The van der Waals surface area contributed by atoms with Gasteiger partial charge < -0.3 is 5.73 Å². The Morgan fingerprint density at radius 2 is 1.68 bits per heavy atom. The second-order valence-electron chi connectivity index (χ2n) is 5.46. The number of nitro groups is 1. The van der Waals surface area contributed by atoms with Crippen LogP contribution in [0.3, 0.4) is 0 Å². The zero-order valence-electron chi connectivity index (χ0n) is 13.6. The molecule has 0 aliphatic carbocycles. The van der Waals surface area contributed by atoms with Crippen molar-refractivity contribution in [2.24, 2.45) is 5.73 Å². The number of benzene rings is 2. The van der Waals surface area contributed by atoms with Crippen LogP contribution in [0.1, 0.15) is 5.56 Å². The molecule has 0 fully saturated rings. The molecular formula is C16H20ClN3O4S. The molecule has 9 heteroatoms. The molecule has 0 aliphatic heterocycles. The Hall–Kier alpha value is -2.00. The molecule has 2 aromatic rings. The summed E-state index contributed by atoms with van der Waals surface area (Å²) in [7, 11) is -2.62. The number of para-hydroxylation sites is 1. The lowest BCUT2D eigenvalue weighted by atomic mass is 10.1. The maximum Gasteiger partial charge on any atom is 0.289 e. The highest BCUT2D eigenvalue weighted by atomic mass is 35.5. The highest BCUT2D eigenvalue weighted by Crippen LogP contribution is 2.25. The van der Waals surface area contributed by atoms with Gasteiger partial charge in [0.25, 0.3) is 5.69 Å². The number of nitrogens with two attached hydrogens (primary N) is 1. The third-order valence-electron chi connectivity index (χ3n) is 3.58. The number of halogens is 1. The summed E-state index contributed by atoms with van der Waals surface area (Å²) in [6, 6.07) is 14.3. The fourth-order valence-corrected chi connectivity index (χ4v) is 3.78. The summed E-state index contributed by atoms with van der Waals surface area (Å²) in [6.45, 7) is 0.0588. The van der Waals surface area contributed by atoms with Crippen molar-refractivity contribution in [3.05, 3.63) is 70.3 Å². The summed E-state index contributed by atoms with van der Waals surface area (Å²) >= 11 is 0. The van der Waals surface area contributed by atoms with Crippen molar-refractivity contribution in [1.82, 2.24) is 4.31 Å². The average molecular weight is 386 g/mol. The van der Waals surface area contributed by atoms with Gasteiger partial charge in [0.1, 0.15) is 0 Å². The van der Waals surface area contributed by atoms with E-state index in [1.165, 1.54) is 31.3 Å². The van der Waals surface area contributed by atoms with Gasteiger partial charge in [-0.2, -0.15) is 4.31 Å². The second kappa shape index (κ2) is 8.91. The molecule has 136 valence electrons. The van der Waals surface area contributed by atoms with Crippen LogP contribution in [0.5, 0.6) is 0 Å². The molecule has 0 saturated heterocycles. The van der Waals surface area contributed by atoms with Gasteiger partial charge in [0.15, 0.2) is 4.90 Å². The number of hydrogen-bond donors (Lipinski definition) is 1. The summed E-state index contributed by atoms with van der Waals surface area (Å²) in [5, 5.41) is 11.1. The third kappa shape index (κ3) is 5.23. The van der Waals surface area contributed by atoms with E-state index < -0.39 is 26.7 Å². The van der Waals surface area contributed by atoms with Crippen molar-refractivity contribution in [2.75, 3.05) is 13.6 Å². The van der Waals surface area contributed by atoms with E-state index in [2.05, 4.69) is 0 Å². The van der Waals surface area contributed by atoms with Gasteiger partial charge >= 0.3 is 0 Å². The molecule has 0 saturated carbocycles. The molecule has 2 aromatic carbocycles. The number of rotatable bonds is 7. The lowest BCUT2D eigenvalue weighted by Gasteiger charge is -2.21. The van der Waals surface area contributed by atoms with E-state index in [9.17, 15) is 18.5 Å². The van der Waals surface area contributed by atoms with Gasteiger partial charge in [-0.3, -0.25) is 10.1 Å².